The molecule has 0 saturated carbocycles. The highest BCUT2D eigenvalue weighted by molar-refractivity contribution is 6.19. The molecule has 10 nitrogen and oxygen atoms in total. The molecule has 0 fully saturated rings. The number of hydrogen-bond donors (Lipinski definition) is 0. The first kappa shape index (κ1) is 23.0. The highest BCUT2D eigenvalue weighted by Gasteiger charge is 2.56. The molecule has 44 heavy (non-hydrogen) atoms. The Bertz CT molecular complexity index is 2200. The number of benzene rings is 5. The van der Waals surface area contributed by atoms with Gasteiger partial charge in [-0.3, -0.25) is 4.79 Å². The van der Waals surface area contributed by atoms with Crippen molar-refractivity contribution in [1.82, 2.24) is 0 Å². The zero-order valence-electron chi connectivity index (χ0n) is 22.9. The number of fused-ring (bicyclic) bond motifs is 18. The first-order valence-corrected chi connectivity index (χ1v) is 14.4. The lowest BCUT2D eigenvalue weighted by molar-refractivity contribution is 0.0318. The van der Waals surface area contributed by atoms with Crippen molar-refractivity contribution in [3.8, 4) is 62.9 Å². The molecule has 5 aromatic rings. The van der Waals surface area contributed by atoms with Gasteiger partial charge < -0.3 is 42.6 Å². The lowest BCUT2D eigenvalue weighted by Gasteiger charge is -2.42. The lowest BCUT2D eigenvalue weighted by Crippen LogP contribution is -2.47. The van der Waals surface area contributed by atoms with E-state index in [9.17, 15) is 0 Å². The standard InChI is InChI=1S/C34H20O10/c35-33-26-17(3-7-22-31(26)42-13-38-22)18-4-8-23-32(43-14-39-23)27(18)34(33)10-9-19-24-15(1-5-20-29(24)40-11-36-20)16-2-6-21-30(41-12-37-21)25(16)28(19)44-34/h1-8H,9-14H2. The molecule has 5 aliphatic heterocycles. The number of carbonyl (C=O) groups excluding carboxylic acids is 1. The van der Waals surface area contributed by atoms with Crippen LogP contribution >= 0.6 is 0 Å². The predicted octanol–water partition coefficient (Wildman–Crippen LogP) is 5.99. The van der Waals surface area contributed by atoms with Crippen LogP contribution in [0.25, 0.3) is 32.7 Å². The average molecular weight is 589 g/mol. The second-order valence-electron chi connectivity index (χ2n) is 11.5. The molecule has 5 heterocycles. The van der Waals surface area contributed by atoms with Gasteiger partial charge in [-0.2, -0.15) is 0 Å². The second-order valence-corrected chi connectivity index (χ2v) is 11.5. The van der Waals surface area contributed by atoms with Gasteiger partial charge in [0.1, 0.15) is 5.75 Å². The van der Waals surface area contributed by atoms with Gasteiger partial charge in [-0.05, 0) is 76.9 Å². The molecule has 1 atom stereocenters. The second kappa shape index (κ2) is 7.71. The van der Waals surface area contributed by atoms with Crippen LogP contribution in [0.5, 0.6) is 51.7 Å². The van der Waals surface area contributed by atoms with E-state index in [4.69, 9.17) is 42.6 Å². The molecule has 0 radical (unpaired) electrons. The van der Waals surface area contributed by atoms with Crippen molar-refractivity contribution in [3.05, 3.63) is 65.2 Å². The average Bonchev–Trinajstić information content (AvgIpc) is 3.88. The van der Waals surface area contributed by atoms with Crippen LogP contribution in [0.15, 0.2) is 48.5 Å². The van der Waals surface area contributed by atoms with Gasteiger partial charge in [0.05, 0.1) is 16.5 Å². The number of ether oxygens (including phenoxy) is 9. The largest absolute Gasteiger partial charge is 0.473 e. The highest BCUT2D eigenvalue weighted by atomic mass is 16.7. The number of aryl methyl sites for hydroxylation is 1. The summed E-state index contributed by atoms with van der Waals surface area (Å²) < 4.78 is 54.3. The molecule has 0 aromatic heterocycles. The van der Waals surface area contributed by atoms with E-state index in [2.05, 4.69) is 0 Å². The van der Waals surface area contributed by atoms with Gasteiger partial charge in [-0.15, -0.1) is 0 Å². The van der Waals surface area contributed by atoms with Crippen LogP contribution in [0, 0.1) is 0 Å². The lowest BCUT2D eigenvalue weighted by atomic mass is 9.69. The Kier molecular flexibility index (Phi) is 4.03. The fraction of sp³-hybridized carbons (Fsp3) is 0.206. The van der Waals surface area contributed by atoms with Crippen LogP contribution in [-0.4, -0.2) is 33.0 Å². The summed E-state index contributed by atoms with van der Waals surface area (Å²) in [5.41, 5.74) is 2.07. The zero-order chi connectivity index (χ0) is 28.7. The Morgan fingerprint density at radius 2 is 1.07 bits per heavy atom. The number of Topliss-reactive ketones (excluding diaryl/α,β-unsaturated/α-hetero) is 1. The maximum Gasteiger partial charge on any atom is 0.231 e. The molecule has 0 saturated heterocycles. The Morgan fingerprint density at radius 3 is 1.80 bits per heavy atom. The van der Waals surface area contributed by atoms with Gasteiger partial charge >= 0.3 is 0 Å². The Balaban J connectivity index is 1.26. The van der Waals surface area contributed by atoms with E-state index in [0.29, 0.717) is 75.7 Å². The van der Waals surface area contributed by atoms with Crippen LogP contribution in [-0.2, 0) is 12.0 Å². The van der Waals surface area contributed by atoms with Crippen LogP contribution < -0.4 is 42.6 Å². The summed E-state index contributed by atoms with van der Waals surface area (Å²) in [6.07, 6.45) is 0.816. The molecule has 1 aliphatic carbocycles. The maximum absolute atomic E-state index is 15.1. The Morgan fingerprint density at radius 1 is 0.523 bits per heavy atom. The zero-order valence-corrected chi connectivity index (χ0v) is 22.9. The molecule has 1 spiro atoms. The number of rotatable bonds is 0. The van der Waals surface area contributed by atoms with Crippen molar-refractivity contribution in [3.63, 3.8) is 0 Å². The number of ketones is 1. The molecular formula is C34H20O10. The van der Waals surface area contributed by atoms with E-state index in [1.54, 1.807) is 0 Å². The van der Waals surface area contributed by atoms with E-state index in [0.717, 1.165) is 38.2 Å². The third kappa shape index (κ3) is 2.58. The highest BCUT2D eigenvalue weighted by Crippen LogP contribution is 2.61. The van der Waals surface area contributed by atoms with E-state index in [1.807, 2.05) is 48.5 Å². The summed E-state index contributed by atoms with van der Waals surface area (Å²) in [5.74, 6) is 4.87. The minimum absolute atomic E-state index is 0.0387. The summed E-state index contributed by atoms with van der Waals surface area (Å²) in [4.78, 5) is 15.1. The maximum atomic E-state index is 15.1. The third-order valence-electron chi connectivity index (χ3n) is 9.54. The van der Waals surface area contributed by atoms with Crippen LogP contribution in [0.2, 0.25) is 0 Å². The molecule has 10 heteroatoms. The van der Waals surface area contributed by atoms with Crippen LogP contribution in [0.1, 0.15) is 27.9 Å². The van der Waals surface area contributed by atoms with Gasteiger partial charge in [0.2, 0.25) is 38.6 Å². The van der Waals surface area contributed by atoms with Gasteiger partial charge in [-0.25, -0.2) is 0 Å². The molecule has 6 aliphatic rings. The first-order valence-electron chi connectivity index (χ1n) is 14.4. The van der Waals surface area contributed by atoms with Gasteiger partial charge in [0, 0.05) is 17.4 Å². The smallest absolute Gasteiger partial charge is 0.231 e. The van der Waals surface area contributed by atoms with Crippen molar-refractivity contribution >= 4 is 27.3 Å². The van der Waals surface area contributed by atoms with Crippen molar-refractivity contribution < 1.29 is 47.4 Å². The van der Waals surface area contributed by atoms with Gasteiger partial charge in [0.25, 0.3) is 0 Å². The third-order valence-corrected chi connectivity index (χ3v) is 9.54. The van der Waals surface area contributed by atoms with E-state index in [1.165, 1.54) is 0 Å². The fourth-order valence-corrected chi connectivity index (χ4v) is 7.73. The topological polar surface area (TPSA) is 100 Å². The molecular weight excluding hydrogens is 568 g/mol. The van der Waals surface area contributed by atoms with Crippen LogP contribution in [0.4, 0.5) is 0 Å². The fourth-order valence-electron chi connectivity index (χ4n) is 7.73. The Hall–Kier alpha value is -5.51. The minimum Gasteiger partial charge on any atom is -0.473 e. The monoisotopic (exact) mass is 588 g/mol. The molecule has 0 N–H and O–H groups in total. The van der Waals surface area contributed by atoms with E-state index < -0.39 is 5.60 Å². The predicted molar refractivity (Wildman–Crippen MR) is 153 cm³/mol. The summed E-state index contributed by atoms with van der Waals surface area (Å²) in [6.45, 7) is 0.310. The Labute approximate surface area is 248 Å². The normalized spacial score (nSPS) is 20.6. The molecule has 5 aromatic carbocycles. The molecule has 1 unspecified atom stereocenters. The van der Waals surface area contributed by atoms with Crippen LogP contribution in [0.3, 0.4) is 0 Å². The van der Waals surface area contributed by atoms with Gasteiger partial charge in [-0.1, -0.05) is 0 Å². The quantitative estimate of drug-likeness (QED) is 0.201. The number of hydrogen-bond acceptors (Lipinski definition) is 10. The van der Waals surface area contributed by atoms with Crippen molar-refractivity contribution in [2.45, 2.75) is 18.4 Å². The van der Waals surface area contributed by atoms with Crippen molar-refractivity contribution in [2.75, 3.05) is 27.2 Å². The minimum atomic E-state index is -1.46. The van der Waals surface area contributed by atoms with Crippen molar-refractivity contribution in [1.29, 1.82) is 0 Å². The summed E-state index contributed by atoms with van der Waals surface area (Å²) in [5, 5.41) is 3.50. The van der Waals surface area contributed by atoms with E-state index >= 15 is 4.79 Å². The summed E-state index contributed by atoms with van der Waals surface area (Å²) in [7, 11) is 0. The SMILES string of the molecule is O=C1c2c(ccc3c2OCO3)-c2ccc3c(c2C12CCc1c(c4c5c(ccc4c4ccc6c(c14)OCO6)OCO5)O2)OCO3. The molecule has 11 rings (SSSR count). The molecule has 0 bridgehead atoms. The van der Waals surface area contributed by atoms with Crippen molar-refractivity contribution in [2.24, 2.45) is 0 Å². The molecule has 0 amide bonds. The van der Waals surface area contributed by atoms with E-state index in [-0.39, 0.29) is 33.0 Å². The summed E-state index contributed by atoms with van der Waals surface area (Å²) in [6, 6.07) is 15.4. The summed E-state index contributed by atoms with van der Waals surface area (Å²) >= 11 is 0. The first-order chi connectivity index (χ1) is 21.7. The van der Waals surface area contributed by atoms with Gasteiger partial charge in [0.15, 0.2) is 46.0 Å². The number of carbonyl (C=O) groups is 1. The molecule has 216 valence electrons.